The van der Waals surface area contributed by atoms with Crippen LogP contribution in [0.1, 0.15) is 0 Å². The zero-order valence-corrected chi connectivity index (χ0v) is 14.6. The maximum absolute atomic E-state index is 11.9. The number of nitrogens with one attached hydrogen (secondary N) is 2. The lowest BCUT2D eigenvalue weighted by Gasteiger charge is -2.08. The topological polar surface area (TPSA) is 95.8 Å². The van der Waals surface area contributed by atoms with Crippen LogP contribution in [0.4, 0.5) is 0 Å². The van der Waals surface area contributed by atoms with Crippen molar-refractivity contribution in [3.05, 3.63) is 70.6 Å². The van der Waals surface area contributed by atoms with Crippen LogP contribution >= 0.6 is 0 Å². The minimum absolute atomic E-state index is 0.00646. The summed E-state index contributed by atoms with van der Waals surface area (Å²) in [6.07, 6.45) is 1.17. The molecule has 7 heteroatoms. The lowest BCUT2D eigenvalue weighted by atomic mass is 10.0. The van der Waals surface area contributed by atoms with Crippen molar-refractivity contribution in [2.24, 2.45) is 7.05 Å². The second-order valence-corrected chi connectivity index (χ2v) is 7.83. The van der Waals surface area contributed by atoms with Gasteiger partial charge in [0.15, 0.2) is 9.84 Å². The van der Waals surface area contributed by atoms with Crippen LogP contribution in [-0.4, -0.2) is 24.2 Å². The van der Waals surface area contributed by atoms with Gasteiger partial charge in [-0.15, -0.1) is 0 Å². The van der Waals surface area contributed by atoms with Gasteiger partial charge < -0.3 is 4.98 Å². The molecule has 3 aromatic rings. The van der Waals surface area contributed by atoms with Crippen LogP contribution in [0.3, 0.4) is 0 Å². The van der Waals surface area contributed by atoms with E-state index in [1.165, 1.54) is 23.9 Å². The van der Waals surface area contributed by atoms with Gasteiger partial charge in [0.25, 0.3) is 5.56 Å². The van der Waals surface area contributed by atoms with Gasteiger partial charge in [-0.05, 0) is 34.9 Å². The zero-order chi connectivity index (χ0) is 18.2. The number of sulfone groups is 1. The molecule has 2 aromatic carbocycles. The molecule has 0 saturated carbocycles. The molecule has 0 bridgehead atoms. The van der Waals surface area contributed by atoms with Crippen molar-refractivity contribution in [3.8, 4) is 22.4 Å². The summed E-state index contributed by atoms with van der Waals surface area (Å²) in [7, 11) is -1.76. The zero-order valence-electron chi connectivity index (χ0n) is 13.8. The maximum Gasteiger partial charge on any atom is 0.255 e. The number of rotatable bonds is 3. The molecule has 0 amide bonds. The number of hydrogen-bond acceptors (Lipinski definition) is 4. The van der Waals surface area contributed by atoms with Crippen molar-refractivity contribution in [2.45, 2.75) is 4.90 Å². The van der Waals surface area contributed by atoms with Crippen LogP contribution in [0, 0.1) is 5.41 Å². The van der Waals surface area contributed by atoms with E-state index in [0.717, 1.165) is 16.7 Å². The molecule has 0 unspecified atom stereocenters. The van der Waals surface area contributed by atoms with E-state index < -0.39 is 9.84 Å². The fourth-order valence-corrected chi connectivity index (χ4v) is 3.17. The van der Waals surface area contributed by atoms with Crippen molar-refractivity contribution >= 4 is 9.84 Å². The van der Waals surface area contributed by atoms with E-state index in [1.54, 1.807) is 18.2 Å². The van der Waals surface area contributed by atoms with Crippen LogP contribution in [0.15, 0.2) is 64.3 Å². The third-order valence-electron chi connectivity index (χ3n) is 3.96. The van der Waals surface area contributed by atoms with E-state index in [0.29, 0.717) is 5.69 Å². The third-order valence-corrected chi connectivity index (χ3v) is 5.07. The molecule has 2 N–H and O–H groups in total. The van der Waals surface area contributed by atoms with Gasteiger partial charge in [0.2, 0.25) is 5.62 Å². The number of aromatic nitrogens is 2. The first-order valence-electron chi connectivity index (χ1n) is 7.51. The lowest BCUT2D eigenvalue weighted by Crippen LogP contribution is -2.32. The molecule has 0 aliphatic rings. The Morgan fingerprint density at radius 2 is 1.56 bits per heavy atom. The van der Waals surface area contributed by atoms with Crippen molar-refractivity contribution in [1.29, 1.82) is 5.41 Å². The Hall–Kier alpha value is -2.93. The highest BCUT2D eigenvalue weighted by atomic mass is 32.2. The van der Waals surface area contributed by atoms with Gasteiger partial charge >= 0.3 is 0 Å². The van der Waals surface area contributed by atoms with Crippen LogP contribution in [0.2, 0.25) is 0 Å². The lowest BCUT2D eigenvalue weighted by molar-refractivity contribution is 0.602. The number of nitrogens with zero attached hydrogens (tertiary/aromatic N) is 1. The fraction of sp³-hybridized carbons (Fsp3) is 0.111. The minimum atomic E-state index is -3.29. The number of hydrogen-bond donors (Lipinski definition) is 2. The molecule has 0 aliphatic carbocycles. The van der Waals surface area contributed by atoms with Crippen molar-refractivity contribution < 1.29 is 8.42 Å². The Morgan fingerprint density at radius 1 is 0.960 bits per heavy atom. The summed E-state index contributed by atoms with van der Waals surface area (Å²) in [5.74, 6) is 0. The molecule has 0 saturated heterocycles. The normalized spacial score (nSPS) is 11.4. The summed E-state index contributed by atoms with van der Waals surface area (Å²) in [5, 5.41) is 7.81. The highest BCUT2D eigenvalue weighted by Crippen LogP contribution is 2.26. The molecular formula is C18H17N3O3S. The molecule has 0 aliphatic heterocycles. The van der Waals surface area contributed by atoms with Crippen LogP contribution in [-0.2, 0) is 16.9 Å². The van der Waals surface area contributed by atoms with E-state index in [1.807, 2.05) is 30.3 Å². The number of benzene rings is 2. The van der Waals surface area contributed by atoms with E-state index in [2.05, 4.69) is 4.98 Å². The predicted octanol–water partition coefficient (Wildman–Crippen LogP) is 1.93. The summed E-state index contributed by atoms with van der Waals surface area (Å²) >= 11 is 0. The van der Waals surface area contributed by atoms with Gasteiger partial charge in [-0.25, -0.2) is 8.42 Å². The average molecular weight is 355 g/mol. The third kappa shape index (κ3) is 3.46. The Bertz CT molecular complexity index is 1140. The summed E-state index contributed by atoms with van der Waals surface area (Å²) in [6.45, 7) is 0. The van der Waals surface area contributed by atoms with E-state index in [-0.39, 0.29) is 16.1 Å². The van der Waals surface area contributed by atoms with Gasteiger partial charge in [-0.1, -0.05) is 30.3 Å². The van der Waals surface area contributed by atoms with Gasteiger partial charge in [0.1, 0.15) is 0 Å². The highest BCUT2D eigenvalue weighted by Gasteiger charge is 2.09. The first kappa shape index (κ1) is 16.9. The predicted molar refractivity (Wildman–Crippen MR) is 95.9 cm³/mol. The number of aromatic amines is 1. The minimum Gasteiger partial charge on any atom is -0.325 e. The molecule has 128 valence electrons. The van der Waals surface area contributed by atoms with Gasteiger partial charge in [0.05, 0.1) is 10.6 Å². The first-order valence-corrected chi connectivity index (χ1v) is 9.41. The van der Waals surface area contributed by atoms with Gasteiger partial charge in [-0.2, -0.15) is 0 Å². The summed E-state index contributed by atoms with van der Waals surface area (Å²) in [4.78, 5) is 15.0. The van der Waals surface area contributed by atoms with Crippen molar-refractivity contribution in [3.63, 3.8) is 0 Å². The molecular weight excluding hydrogens is 338 g/mol. The van der Waals surface area contributed by atoms with Gasteiger partial charge in [-0.3, -0.25) is 14.8 Å². The van der Waals surface area contributed by atoms with E-state index in [9.17, 15) is 13.2 Å². The molecule has 1 aromatic heterocycles. The van der Waals surface area contributed by atoms with Crippen molar-refractivity contribution in [2.75, 3.05) is 6.26 Å². The molecule has 0 atom stereocenters. The van der Waals surface area contributed by atoms with Crippen LogP contribution in [0.5, 0.6) is 0 Å². The Morgan fingerprint density at radius 3 is 2.20 bits per heavy atom. The van der Waals surface area contributed by atoms with Gasteiger partial charge in [0, 0.05) is 19.4 Å². The number of H-pyrrole nitrogens is 1. The Labute approximate surface area is 144 Å². The van der Waals surface area contributed by atoms with Crippen LogP contribution in [0.25, 0.3) is 22.4 Å². The average Bonchev–Trinajstić information content (AvgIpc) is 2.59. The van der Waals surface area contributed by atoms with Crippen LogP contribution < -0.4 is 11.2 Å². The molecule has 0 radical (unpaired) electrons. The van der Waals surface area contributed by atoms with E-state index >= 15 is 0 Å². The standard InChI is InChI=1S/C18H17N3O3S/c1-21-17(22)11-16(20-18(21)19)14-7-3-5-12(9-14)13-6-4-8-15(10-13)25(2,23)24/h3-11H,1-2H3,(H2,19,20). The summed E-state index contributed by atoms with van der Waals surface area (Å²) in [6, 6.07) is 15.5. The largest absolute Gasteiger partial charge is 0.325 e. The molecule has 6 nitrogen and oxygen atoms in total. The monoisotopic (exact) mass is 355 g/mol. The van der Waals surface area contributed by atoms with E-state index in [4.69, 9.17) is 5.41 Å². The summed E-state index contributed by atoms with van der Waals surface area (Å²) in [5.41, 5.74) is 2.60. The molecule has 3 rings (SSSR count). The molecule has 0 fully saturated rings. The molecule has 0 spiro atoms. The second kappa shape index (κ2) is 6.18. The molecule has 25 heavy (non-hydrogen) atoms. The SMILES string of the molecule is Cn1c(=O)cc(-c2cccc(-c3cccc(S(C)(=O)=O)c3)c2)[nH]c1=N. The quantitative estimate of drug-likeness (QED) is 0.751. The fourth-order valence-electron chi connectivity index (χ4n) is 2.51. The highest BCUT2D eigenvalue weighted by molar-refractivity contribution is 7.90. The molecule has 1 heterocycles. The second-order valence-electron chi connectivity index (χ2n) is 5.81. The smallest absolute Gasteiger partial charge is 0.255 e. The maximum atomic E-state index is 11.9. The Balaban J connectivity index is 2.12. The Kier molecular flexibility index (Phi) is 4.18. The first-order chi connectivity index (χ1) is 11.8. The summed E-state index contributed by atoms with van der Waals surface area (Å²) < 4.78 is 24.7. The van der Waals surface area contributed by atoms with Crippen molar-refractivity contribution in [1.82, 2.24) is 9.55 Å².